The van der Waals surface area contributed by atoms with Crippen LogP contribution in [-0.2, 0) is 6.54 Å². The summed E-state index contributed by atoms with van der Waals surface area (Å²) in [7, 11) is 0. The number of hydrogen-bond acceptors (Lipinski definition) is 1. The standard InChI is InChI=1S/C16H10BrFN2/c17-14-3-4-15(18)13(8-14)10-20-6-5-12-2-1-11(9-19)7-16(12)20/h1-8H,10H2. The van der Waals surface area contributed by atoms with E-state index in [2.05, 4.69) is 22.0 Å². The average molecular weight is 329 g/mol. The van der Waals surface area contributed by atoms with E-state index in [0.29, 0.717) is 17.7 Å². The summed E-state index contributed by atoms with van der Waals surface area (Å²) in [6.07, 6.45) is 1.91. The molecule has 2 nitrogen and oxygen atoms in total. The fraction of sp³-hybridized carbons (Fsp3) is 0.0625. The van der Waals surface area contributed by atoms with Gasteiger partial charge in [-0.3, -0.25) is 0 Å². The Morgan fingerprint density at radius 1 is 1.15 bits per heavy atom. The highest BCUT2D eigenvalue weighted by molar-refractivity contribution is 9.10. The lowest BCUT2D eigenvalue weighted by molar-refractivity contribution is 0.601. The van der Waals surface area contributed by atoms with Crippen LogP contribution in [0.3, 0.4) is 0 Å². The number of aromatic nitrogens is 1. The van der Waals surface area contributed by atoms with E-state index < -0.39 is 0 Å². The molecule has 0 spiro atoms. The minimum atomic E-state index is -0.230. The third-order valence-electron chi connectivity index (χ3n) is 3.25. The lowest BCUT2D eigenvalue weighted by Crippen LogP contribution is -2.00. The van der Waals surface area contributed by atoms with Gasteiger partial charge in [-0.25, -0.2) is 4.39 Å². The van der Waals surface area contributed by atoms with Gasteiger partial charge in [0.2, 0.25) is 0 Å². The van der Waals surface area contributed by atoms with Crippen LogP contribution in [0.1, 0.15) is 11.1 Å². The third kappa shape index (κ3) is 2.33. The summed E-state index contributed by atoms with van der Waals surface area (Å²) >= 11 is 3.35. The van der Waals surface area contributed by atoms with Gasteiger partial charge in [0.25, 0.3) is 0 Å². The molecule has 0 aliphatic rings. The molecular weight excluding hydrogens is 319 g/mol. The minimum Gasteiger partial charge on any atom is -0.343 e. The van der Waals surface area contributed by atoms with Gasteiger partial charge in [-0.1, -0.05) is 22.0 Å². The van der Waals surface area contributed by atoms with Crippen molar-refractivity contribution in [1.82, 2.24) is 4.57 Å². The van der Waals surface area contributed by atoms with Crippen LogP contribution in [0.5, 0.6) is 0 Å². The molecule has 0 atom stereocenters. The molecule has 98 valence electrons. The normalized spacial score (nSPS) is 10.7. The predicted molar refractivity (Wildman–Crippen MR) is 79.9 cm³/mol. The van der Waals surface area contributed by atoms with Gasteiger partial charge in [0.15, 0.2) is 0 Å². The molecule has 0 unspecified atom stereocenters. The van der Waals surface area contributed by atoms with Crippen molar-refractivity contribution in [2.75, 3.05) is 0 Å². The molecule has 0 aliphatic heterocycles. The van der Waals surface area contributed by atoms with Crippen molar-refractivity contribution in [3.63, 3.8) is 0 Å². The maximum atomic E-state index is 13.8. The Bertz CT molecular complexity index is 830. The lowest BCUT2D eigenvalue weighted by atomic mass is 10.1. The summed E-state index contributed by atoms with van der Waals surface area (Å²) in [6.45, 7) is 0.434. The van der Waals surface area contributed by atoms with Crippen molar-refractivity contribution in [3.05, 3.63) is 70.1 Å². The highest BCUT2D eigenvalue weighted by atomic mass is 79.9. The van der Waals surface area contributed by atoms with E-state index in [1.807, 2.05) is 29.0 Å². The number of benzene rings is 2. The second-order valence-electron chi connectivity index (χ2n) is 4.56. The van der Waals surface area contributed by atoms with E-state index >= 15 is 0 Å². The van der Waals surface area contributed by atoms with Crippen LogP contribution in [0.4, 0.5) is 4.39 Å². The summed E-state index contributed by atoms with van der Waals surface area (Å²) in [5, 5.41) is 10.0. The Labute approximate surface area is 124 Å². The Morgan fingerprint density at radius 2 is 2.00 bits per heavy atom. The van der Waals surface area contributed by atoms with Gasteiger partial charge >= 0.3 is 0 Å². The first-order valence-corrected chi connectivity index (χ1v) is 6.89. The van der Waals surface area contributed by atoms with E-state index in [9.17, 15) is 4.39 Å². The van der Waals surface area contributed by atoms with Crippen LogP contribution in [0.2, 0.25) is 0 Å². The van der Waals surface area contributed by atoms with E-state index in [1.54, 1.807) is 18.2 Å². The first-order valence-electron chi connectivity index (χ1n) is 6.10. The molecule has 1 aromatic heterocycles. The maximum absolute atomic E-state index is 13.8. The lowest BCUT2D eigenvalue weighted by Gasteiger charge is -2.07. The van der Waals surface area contributed by atoms with Crippen LogP contribution in [0.15, 0.2) is 53.1 Å². The predicted octanol–water partition coefficient (Wildman–Crippen LogP) is 4.46. The zero-order chi connectivity index (χ0) is 14.1. The molecule has 0 fully saturated rings. The van der Waals surface area contributed by atoms with E-state index in [0.717, 1.165) is 15.4 Å². The van der Waals surface area contributed by atoms with Crippen LogP contribution < -0.4 is 0 Å². The number of halogens is 2. The van der Waals surface area contributed by atoms with Crippen molar-refractivity contribution in [1.29, 1.82) is 5.26 Å². The van der Waals surface area contributed by atoms with Crippen molar-refractivity contribution in [2.45, 2.75) is 6.54 Å². The fourth-order valence-corrected chi connectivity index (χ4v) is 2.65. The van der Waals surface area contributed by atoms with E-state index in [-0.39, 0.29) is 5.82 Å². The third-order valence-corrected chi connectivity index (χ3v) is 3.74. The molecular formula is C16H10BrFN2. The van der Waals surface area contributed by atoms with Gasteiger partial charge in [-0.15, -0.1) is 0 Å². The molecule has 0 saturated carbocycles. The van der Waals surface area contributed by atoms with Crippen LogP contribution >= 0.6 is 15.9 Å². The van der Waals surface area contributed by atoms with Crippen molar-refractivity contribution in [2.24, 2.45) is 0 Å². The first kappa shape index (κ1) is 12.9. The molecule has 0 aliphatic carbocycles. The van der Waals surface area contributed by atoms with Gasteiger partial charge in [0.1, 0.15) is 5.82 Å². The molecule has 1 heterocycles. The summed E-state index contributed by atoms with van der Waals surface area (Å²) in [4.78, 5) is 0. The quantitative estimate of drug-likeness (QED) is 0.682. The number of nitrogens with zero attached hydrogens (tertiary/aromatic N) is 2. The first-order chi connectivity index (χ1) is 9.67. The van der Waals surface area contributed by atoms with Gasteiger partial charge < -0.3 is 4.57 Å². The molecule has 0 amide bonds. The summed E-state index contributed by atoms with van der Waals surface area (Å²) < 4.78 is 16.6. The van der Waals surface area contributed by atoms with E-state index in [1.165, 1.54) is 6.07 Å². The summed E-state index contributed by atoms with van der Waals surface area (Å²) in [5.74, 6) is -0.230. The van der Waals surface area contributed by atoms with Crippen molar-refractivity contribution in [3.8, 4) is 6.07 Å². The molecule has 0 radical (unpaired) electrons. The smallest absolute Gasteiger partial charge is 0.128 e. The Kier molecular flexibility index (Phi) is 3.29. The van der Waals surface area contributed by atoms with Crippen molar-refractivity contribution >= 4 is 26.8 Å². The minimum absolute atomic E-state index is 0.230. The second-order valence-corrected chi connectivity index (χ2v) is 5.48. The summed E-state index contributed by atoms with van der Waals surface area (Å²) in [5.41, 5.74) is 2.15. The van der Waals surface area contributed by atoms with Gasteiger partial charge in [-0.05, 0) is 41.8 Å². The molecule has 2 aromatic carbocycles. The van der Waals surface area contributed by atoms with E-state index in [4.69, 9.17) is 5.26 Å². The van der Waals surface area contributed by atoms with Crippen molar-refractivity contribution < 1.29 is 4.39 Å². The van der Waals surface area contributed by atoms with Crippen LogP contribution in [0.25, 0.3) is 10.9 Å². The zero-order valence-corrected chi connectivity index (χ0v) is 12.1. The molecule has 3 aromatic rings. The van der Waals surface area contributed by atoms with Gasteiger partial charge in [0, 0.05) is 21.7 Å². The van der Waals surface area contributed by atoms with Crippen LogP contribution in [0, 0.1) is 17.1 Å². The number of fused-ring (bicyclic) bond motifs is 1. The molecule has 3 rings (SSSR count). The maximum Gasteiger partial charge on any atom is 0.128 e. The molecule has 20 heavy (non-hydrogen) atoms. The zero-order valence-electron chi connectivity index (χ0n) is 10.5. The number of hydrogen-bond donors (Lipinski definition) is 0. The largest absolute Gasteiger partial charge is 0.343 e. The molecule has 4 heteroatoms. The Hall–Kier alpha value is -2.12. The number of nitriles is 1. The Balaban J connectivity index is 2.07. The highest BCUT2D eigenvalue weighted by Gasteiger charge is 2.07. The van der Waals surface area contributed by atoms with Gasteiger partial charge in [-0.2, -0.15) is 5.26 Å². The Morgan fingerprint density at radius 3 is 2.80 bits per heavy atom. The average Bonchev–Trinajstić information content (AvgIpc) is 2.85. The highest BCUT2D eigenvalue weighted by Crippen LogP contribution is 2.21. The van der Waals surface area contributed by atoms with Crippen LogP contribution in [-0.4, -0.2) is 4.57 Å². The van der Waals surface area contributed by atoms with Gasteiger partial charge in [0.05, 0.1) is 18.2 Å². The SMILES string of the molecule is N#Cc1ccc2ccn(Cc3cc(Br)ccc3F)c2c1. The molecule has 0 N–H and O–H groups in total. The fourth-order valence-electron chi connectivity index (χ4n) is 2.24. The molecule has 0 bridgehead atoms. The number of rotatable bonds is 2. The second kappa shape index (κ2) is 5.10. The summed E-state index contributed by atoms with van der Waals surface area (Å²) in [6, 6.07) is 14.5. The molecule has 0 saturated heterocycles. The monoisotopic (exact) mass is 328 g/mol. The topological polar surface area (TPSA) is 28.7 Å².